The predicted molar refractivity (Wildman–Crippen MR) is 44.5 cm³/mol. The summed E-state index contributed by atoms with van der Waals surface area (Å²) in [4.78, 5) is 12.7. The Balaban J connectivity index is 2.24. The van der Waals surface area contributed by atoms with Gasteiger partial charge >= 0.3 is 6.03 Å². The highest BCUT2D eigenvalue weighted by atomic mass is 16.2. The van der Waals surface area contributed by atoms with Crippen molar-refractivity contribution in [3.8, 4) is 0 Å². The third-order valence-corrected chi connectivity index (χ3v) is 2.09. The predicted octanol–water partition coefficient (Wildman–Crippen LogP) is 1.20. The van der Waals surface area contributed by atoms with Gasteiger partial charge in [0.2, 0.25) is 0 Å². The van der Waals surface area contributed by atoms with Crippen LogP contribution in [0.5, 0.6) is 0 Å². The summed E-state index contributed by atoms with van der Waals surface area (Å²) in [6, 6.07) is 0.474. The van der Waals surface area contributed by atoms with Crippen molar-refractivity contribution in [2.45, 2.75) is 31.7 Å². The van der Waals surface area contributed by atoms with Crippen LogP contribution in [-0.2, 0) is 0 Å². The number of hydrogen-bond donors (Lipinski definition) is 1. The van der Waals surface area contributed by atoms with Crippen molar-refractivity contribution < 1.29 is 4.79 Å². The average Bonchev–Trinajstić information content (AvgIpc) is 2.39. The molecular formula is C8H16N2O. The summed E-state index contributed by atoms with van der Waals surface area (Å²) in [5.74, 6) is 0. The molecule has 1 rings (SSSR count). The van der Waals surface area contributed by atoms with Gasteiger partial charge in [0.1, 0.15) is 0 Å². The second-order valence-corrected chi connectivity index (χ2v) is 3.33. The molecule has 1 saturated carbocycles. The molecule has 0 aliphatic heterocycles. The molecule has 0 aromatic heterocycles. The van der Waals surface area contributed by atoms with E-state index < -0.39 is 0 Å². The normalized spacial score (nSPS) is 18.4. The largest absolute Gasteiger partial charge is 0.335 e. The van der Waals surface area contributed by atoms with Crippen molar-refractivity contribution in [3.05, 3.63) is 0 Å². The van der Waals surface area contributed by atoms with Crippen LogP contribution in [0.2, 0.25) is 0 Å². The minimum atomic E-state index is 0.0388. The van der Waals surface area contributed by atoms with E-state index in [0.29, 0.717) is 6.04 Å². The van der Waals surface area contributed by atoms with Gasteiger partial charge in [-0.15, -0.1) is 0 Å². The maximum Gasteiger partial charge on any atom is 0.317 e. The molecule has 1 N–H and O–H groups in total. The van der Waals surface area contributed by atoms with Crippen LogP contribution in [0, 0.1) is 0 Å². The molecular weight excluding hydrogens is 140 g/mol. The van der Waals surface area contributed by atoms with Crippen molar-refractivity contribution >= 4 is 6.03 Å². The lowest BCUT2D eigenvalue weighted by Gasteiger charge is -2.16. The maximum absolute atomic E-state index is 11.1. The number of amides is 2. The Morgan fingerprint density at radius 3 is 2.36 bits per heavy atom. The van der Waals surface area contributed by atoms with E-state index in [4.69, 9.17) is 0 Å². The van der Waals surface area contributed by atoms with Gasteiger partial charge in [-0.1, -0.05) is 12.8 Å². The van der Waals surface area contributed by atoms with Crippen LogP contribution in [0.1, 0.15) is 25.7 Å². The minimum absolute atomic E-state index is 0.0388. The Morgan fingerprint density at radius 1 is 1.36 bits per heavy atom. The SMILES string of the molecule is CN(C)C(=O)NC1CCCC1. The highest BCUT2D eigenvalue weighted by Gasteiger charge is 2.17. The molecule has 0 spiro atoms. The Bertz CT molecular complexity index is 139. The molecule has 11 heavy (non-hydrogen) atoms. The molecule has 1 fully saturated rings. The summed E-state index contributed by atoms with van der Waals surface area (Å²) < 4.78 is 0. The van der Waals surface area contributed by atoms with Gasteiger partial charge < -0.3 is 10.2 Å². The van der Waals surface area contributed by atoms with Gasteiger partial charge in [0.05, 0.1) is 0 Å². The van der Waals surface area contributed by atoms with Crippen LogP contribution in [0.25, 0.3) is 0 Å². The molecule has 64 valence electrons. The molecule has 3 heteroatoms. The Labute approximate surface area is 67.8 Å². The lowest BCUT2D eigenvalue weighted by molar-refractivity contribution is 0.213. The van der Waals surface area contributed by atoms with Crippen LogP contribution in [0.15, 0.2) is 0 Å². The van der Waals surface area contributed by atoms with Gasteiger partial charge in [-0.05, 0) is 12.8 Å². The molecule has 0 unspecified atom stereocenters. The number of rotatable bonds is 1. The smallest absolute Gasteiger partial charge is 0.317 e. The first-order valence-electron chi connectivity index (χ1n) is 4.18. The van der Waals surface area contributed by atoms with Crippen molar-refractivity contribution in [2.24, 2.45) is 0 Å². The monoisotopic (exact) mass is 156 g/mol. The van der Waals surface area contributed by atoms with Gasteiger partial charge in [0.25, 0.3) is 0 Å². The summed E-state index contributed by atoms with van der Waals surface area (Å²) in [6.07, 6.45) is 4.83. The Hall–Kier alpha value is -0.730. The van der Waals surface area contributed by atoms with E-state index in [1.165, 1.54) is 12.8 Å². The lowest BCUT2D eigenvalue weighted by Crippen LogP contribution is -2.40. The topological polar surface area (TPSA) is 32.3 Å². The Morgan fingerprint density at radius 2 is 1.91 bits per heavy atom. The highest BCUT2D eigenvalue weighted by Crippen LogP contribution is 2.17. The molecule has 1 aliphatic carbocycles. The van der Waals surface area contributed by atoms with Gasteiger partial charge in [0, 0.05) is 20.1 Å². The number of urea groups is 1. The summed E-state index contributed by atoms with van der Waals surface area (Å²) in [7, 11) is 3.54. The third kappa shape index (κ3) is 2.41. The van der Waals surface area contributed by atoms with E-state index in [-0.39, 0.29) is 6.03 Å². The standard InChI is InChI=1S/C8H16N2O/c1-10(2)8(11)9-7-5-3-4-6-7/h7H,3-6H2,1-2H3,(H,9,11). The van der Waals surface area contributed by atoms with Gasteiger partial charge in [-0.25, -0.2) is 4.79 Å². The molecule has 0 aromatic rings. The molecule has 1 aliphatic rings. The summed E-state index contributed by atoms with van der Waals surface area (Å²) in [5.41, 5.74) is 0. The molecule has 0 atom stereocenters. The van der Waals surface area contributed by atoms with Crippen molar-refractivity contribution in [2.75, 3.05) is 14.1 Å². The molecule has 3 nitrogen and oxygen atoms in total. The molecule has 0 radical (unpaired) electrons. The van der Waals surface area contributed by atoms with Crippen molar-refractivity contribution in [1.29, 1.82) is 0 Å². The first-order valence-corrected chi connectivity index (χ1v) is 4.18. The lowest BCUT2D eigenvalue weighted by atomic mass is 10.2. The van der Waals surface area contributed by atoms with E-state index in [2.05, 4.69) is 5.32 Å². The third-order valence-electron chi connectivity index (χ3n) is 2.09. The second kappa shape index (κ2) is 3.60. The quantitative estimate of drug-likeness (QED) is 0.608. The summed E-state index contributed by atoms with van der Waals surface area (Å²) in [6.45, 7) is 0. The van der Waals surface area contributed by atoms with Gasteiger partial charge in [-0.2, -0.15) is 0 Å². The van der Waals surface area contributed by atoms with Crippen LogP contribution in [0.3, 0.4) is 0 Å². The van der Waals surface area contributed by atoms with E-state index in [0.717, 1.165) is 12.8 Å². The average molecular weight is 156 g/mol. The van der Waals surface area contributed by atoms with Gasteiger partial charge in [0.15, 0.2) is 0 Å². The fourth-order valence-electron chi connectivity index (χ4n) is 1.37. The Kier molecular flexibility index (Phi) is 2.74. The van der Waals surface area contributed by atoms with E-state index in [9.17, 15) is 4.79 Å². The number of carbonyl (C=O) groups is 1. The number of nitrogens with one attached hydrogen (secondary N) is 1. The zero-order valence-electron chi connectivity index (χ0n) is 7.26. The molecule has 0 saturated heterocycles. The van der Waals surface area contributed by atoms with Crippen LogP contribution in [0.4, 0.5) is 4.79 Å². The van der Waals surface area contributed by atoms with Crippen LogP contribution >= 0.6 is 0 Å². The van der Waals surface area contributed by atoms with Crippen LogP contribution in [-0.4, -0.2) is 31.1 Å². The first kappa shape index (κ1) is 8.37. The maximum atomic E-state index is 11.1. The van der Waals surface area contributed by atoms with Crippen LogP contribution < -0.4 is 5.32 Å². The zero-order chi connectivity index (χ0) is 8.27. The summed E-state index contributed by atoms with van der Waals surface area (Å²) in [5, 5.41) is 2.97. The fraction of sp³-hybridized carbons (Fsp3) is 0.875. The van der Waals surface area contributed by atoms with Crippen molar-refractivity contribution in [3.63, 3.8) is 0 Å². The zero-order valence-corrected chi connectivity index (χ0v) is 7.26. The van der Waals surface area contributed by atoms with Gasteiger partial charge in [-0.3, -0.25) is 0 Å². The van der Waals surface area contributed by atoms with Crippen molar-refractivity contribution in [1.82, 2.24) is 10.2 Å². The van der Waals surface area contributed by atoms with E-state index >= 15 is 0 Å². The molecule has 0 aromatic carbocycles. The second-order valence-electron chi connectivity index (χ2n) is 3.33. The highest BCUT2D eigenvalue weighted by molar-refractivity contribution is 5.73. The molecule has 2 amide bonds. The molecule has 0 bridgehead atoms. The fourth-order valence-corrected chi connectivity index (χ4v) is 1.37. The number of carbonyl (C=O) groups excluding carboxylic acids is 1. The number of nitrogens with zero attached hydrogens (tertiary/aromatic N) is 1. The van der Waals surface area contributed by atoms with E-state index in [1.54, 1.807) is 19.0 Å². The number of hydrogen-bond acceptors (Lipinski definition) is 1. The first-order chi connectivity index (χ1) is 5.20. The van der Waals surface area contributed by atoms with E-state index in [1.807, 2.05) is 0 Å². The summed E-state index contributed by atoms with van der Waals surface area (Å²) >= 11 is 0. The molecule has 0 heterocycles. The minimum Gasteiger partial charge on any atom is -0.335 e.